The van der Waals surface area contributed by atoms with Gasteiger partial charge < -0.3 is 4.74 Å². The molecule has 3 fully saturated rings. The maximum absolute atomic E-state index is 12.0. The number of allylic oxidation sites excluding steroid dienone is 1. The van der Waals surface area contributed by atoms with E-state index in [0.717, 1.165) is 37.0 Å². The highest BCUT2D eigenvalue weighted by molar-refractivity contribution is 6.24. The normalized spacial score (nSPS) is 47.4. The molecule has 0 aliphatic heterocycles. The van der Waals surface area contributed by atoms with Crippen LogP contribution in [0.4, 0.5) is 0 Å². The summed E-state index contributed by atoms with van der Waals surface area (Å²) in [5.41, 5.74) is 1.73. The molecular formula is C26H41ClO2. The number of carbonyl (C=O) groups excluding carboxylic acids is 1. The standard InChI is InChI=1S/C26H41ClO2/c1-6-8-17(2)21-12-13-22-20-11-10-19-9-7-15-26(27,29-18(3)28)25(19,5)23(20)14-16-24(21,22)4/h10,17,20-23H,6-9,11-16H2,1-5H3/t17-,20+,21-,22+,23+,24-,25+,26?/m1/s1. The molecule has 164 valence electrons. The first-order chi connectivity index (χ1) is 13.7. The second-order valence-electron chi connectivity index (χ2n) is 11.2. The molecule has 0 amide bonds. The summed E-state index contributed by atoms with van der Waals surface area (Å²) in [7, 11) is 0. The Morgan fingerprint density at radius 2 is 2.00 bits per heavy atom. The molecule has 3 heteroatoms. The molecule has 0 saturated heterocycles. The minimum Gasteiger partial charge on any atom is -0.442 e. The lowest BCUT2D eigenvalue weighted by molar-refractivity contribution is -0.171. The van der Waals surface area contributed by atoms with Gasteiger partial charge in [0.05, 0.1) is 0 Å². The first-order valence-electron chi connectivity index (χ1n) is 12.3. The maximum Gasteiger partial charge on any atom is 0.304 e. The molecule has 4 aliphatic carbocycles. The quantitative estimate of drug-likeness (QED) is 0.267. The third-order valence-electron chi connectivity index (χ3n) is 10.0. The van der Waals surface area contributed by atoms with E-state index >= 15 is 0 Å². The van der Waals surface area contributed by atoms with Crippen molar-refractivity contribution in [3.63, 3.8) is 0 Å². The van der Waals surface area contributed by atoms with Gasteiger partial charge in [-0.1, -0.05) is 63.8 Å². The highest BCUT2D eigenvalue weighted by atomic mass is 35.5. The predicted octanol–water partition coefficient (Wildman–Crippen LogP) is 7.50. The first kappa shape index (κ1) is 21.7. The van der Waals surface area contributed by atoms with Crippen LogP contribution in [0.25, 0.3) is 0 Å². The number of hydrogen-bond acceptors (Lipinski definition) is 2. The van der Waals surface area contributed by atoms with Crippen molar-refractivity contribution in [2.75, 3.05) is 0 Å². The minimum atomic E-state index is -0.868. The summed E-state index contributed by atoms with van der Waals surface area (Å²) < 4.78 is 5.91. The van der Waals surface area contributed by atoms with Crippen molar-refractivity contribution in [1.29, 1.82) is 0 Å². The van der Waals surface area contributed by atoms with Crippen LogP contribution in [-0.2, 0) is 9.53 Å². The van der Waals surface area contributed by atoms with Crippen molar-refractivity contribution in [3.05, 3.63) is 11.6 Å². The monoisotopic (exact) mass is 420 g/mol. The Labute approximate surface area is 183 Å². The highest BCUT2D eigenvalue weighted by Gasteiger charge is 2.65. The van der Waals surface area contributed by atoms with E-state index in [0.29, 0.717) is 17.3 Å². The zero-order valence-corrected chi connectivity index (χ0v) is 20.0. The van der Waals surface area contributed by atoms with E-state index in [1.54, 1.807) is 0 Å². The molecule has 0 spiro atoms. The van der Waals surface area contributed by atoms with Gasteiger partial charge in [0.25, 0.3) is 0 Å². The van der Waals surface area contributed by atoms with Crippen molar-refractivity contribution >= 4 is 17.6 Å². The average molecular weight is 421 g/mol. The third kappa shape index (κ3) is 3.14. The number of hydrogen-bond donors (Lipinski definition) is 0. The average Bonchev–Trinajstić information content (AvgIpc) is 3.00. The van der Waals surface area contributed by atoms with E-state index in [1.807, 2.05) is 0 Å². The summed E-state index contributed by atoms with van der Waals surface area (Å²) in [6.07, 6.45) is 14.6. The lowest BCUT2D eigenvalue weighted by Gasteiger charge is -2.61. The Balaban J connectivity index is 1.67. The number of ether oxygens (including phenoxy) is 1. The number of esters is 1. The number of carbonyl (C=O) groups is 1. The molecule has 0 N–H and O–H groups in total. The van der Waals surface area contributed by atoms with Gasteiger partial charge in [0.1, 0.15) is 0 Å². The van der Waals surface area contributed by atoms with Gasteiger partial charge in [0, 0.05) is 18.8 Å². The van der Waals surface area contributed by atoms with Gasteiger partial charge >= 0.3 is 5.97 Å². The van der Waals surface area contributed by atoms with E-state index in [1.165, 1.54) is 57.4 Å². The van der Waals surface area contributed by atoms with Crippen LogP contribution in [0.15, 0.2) is 11.6 Å². The predicted molar refractivity (Wildman–Crippen MR) is 120 cm³/mol. The van der Waals surface area contributed by atoms with E-state index in [9.17, 15) is 4.79 Å². The fraction of sp³-hybridized carbons (Fsp3) is 0.885. The Morgan fingerprint density at radius 3 is 2.69 bits per heavy atom. The topological polar surface area (TPSA) is 26.3 Å². The Bertz CT molecular complexity index is 686. The maximum atomic E-state index is 12.0. The minimum absolute atomic E-state index is 0.212. The second-order valence-corrected chi connectivity index (χ2v) is 11.8. The van der Waals surface area contributed by atoms with Gasteiger partial charge in [-0.05, 0) is 80.0 Å². The van der Waals surface area contributed by atoms with Crippen molar-refractivity contribution in [2.45, 2.75) is 104 Å². The van der Waals surface area contributed by atoms with Crippen LogP contribution in [0.5, 0.6) is 0 Å². The molecule has 0 aromatic heterocycles. The molecule has 1 unspecified atom stereocenters. The molecule has 0 heterocycles. The van der Waals surface area contributed by atoms with Crippen molar-refractivity contribution in [2.24, 2.45) is 40.4 Å². The summed E-state index contributed by atoms with van der Waals surface area (Å²) in [5.74, 6) is 3.48. The fourth-order valence-electron chi connectivity index (χ4n) is 8.72. The molecule has 0 aromatic rings. The summed E-state index contributed by atoms with van der Waals surface area (Å²) in [6.45, 7) is 11.3. The molecule has 0 bridgehead atoms. The molecule has 2 nitrogen and oxygen atoms in total. The van der Waals surface area contributed by atoms with Gasteiger partial charge in [0.15, 0.2) is 5.06 Å². The number of alkyl halides is 1. The zero-order chi connectivity index (χ0) is 21.0. The van der Waals surface area contributed by atoms with Gasteiger partial charge in [0.2, 0.25) is 0 Å². The lowest BCUT2D eigenvalue weighted by atomic mass is 9.46. The largest absolute Gasteiger partial charge is 0.442 e. The number of fused-ring (bicyclic) bond motifs is 5. The Morgan fingerprint density at radius 1 is 1.24 bits per heavy atom. The van der Waals surface area contributed by atoms with Crippen LogP contribution in [0, 0.1) is 40.4 Å². The Hall–Kier alpha value is -0.500. The van der Waals surface area contributed by atoms with Crippen LogP contribution in [-0.4, -0.2) is 11.0 Å². The SMILES string of the molecule is CCC[C@@H](C)[C@H]1CC[C@H]2[C@@H]3CC=C4CCCC(Cl)(OC(C)=O)[C@]4(C)[C@H]3CC[C@]12C. The van der Waals surface area contributed by atoms with Crippen molar-refractivity contribution in [1.82, 2.24) is 0 Å². The highest BCUT2D eigenvalue weighted by Crippen LogP contribution is 2.69. The van der Waals surface area contributed by atoms with E-state index in [4.69, 9.17) is 16.3 Å². The summed E-state index contributed by atoms with van der Waals surface area (Å²) in [4.78, 5) is 12.0. The van der Waals surface area contributed by atoms with Crippen LogP contribution in [0.2, 0.25) is 0 Å². The molecule has 0 radical (unpaired) electrons. The van der Waals surface area contributed by atoms with Gasteiger partial charge in [-0.2, -0.15) is 0 Å². The number of rotatable bonds is 4. The van der Waals surface area contributed by atoms with Crippen molar-refractivity contribution < 1.29 is 9.53 Å². The zero-order valence-electron chi connectivity index (χ0n) is 19.2. The van der Waals surface area contributed by atoms with Crippen LogP contribution < -0.4 is 0 Å². The van der Waals surface area contributed by atoms with Crippen molar-refractivity contribution in [3.8, 4) is 0 Å². The third-order valence-corrected chi connectivity index (χ3v) is 10.7. The first-order valence-corrected chi connectivity index (χ1v) is 12.6. The fourth-order valence-corrected chi connectivity index (χ4v) is 9.23. The smallest absolute Gasteiger partial charge is 0.304 e. The van der Waals surface area contributed by atoms with Gasteiger partial charge in [-0.25, -0.2) is 0 Å². The molecule has 8 atom stereocenters. The van der Waals surface area contributed by atoms with E-state index in [2.05, 4.69) is 33.8 Å². The van der Waals surface area contributed by atoms with Crippen LogP contribution >= 0.6 is 11.6 Å². The summed E-state index contributed by atoms with van der Waals surface area (Å²) in [6, 6.07) is 0. The molecule has 0 aromatic carbocycles. The summed E-state index contributed by atoms with van der Waals surface area (Å²) in [5, 5.41) is -0.868. The van der Waals surface area contributed by atoms with Gasteiger partial charge in [-0.15, -0.1) is 0 Å². The molecule has 4 aliphatic rings. The Kier molecular flexibility index (Phi) is 5.67. The molecule has 3 saturated carbocycles. The van der Waals surface area contributed by atoms with E-state index < -0.39 is 5.06 Å². The van der Waals surface area contributed by atoms with Crippen LogP contribution in [0.1, 0.15) is 98.8 Å². The van der Waals surface area contributed by atoms with Gasteiger partial charge in [-0.3, -0.25) is 4.79 Å². The number of halogens is 1. The molecular weight excluding hydrogens is 380 g/mol. The lowest BCUT2D eigenvalue weighted by Crippen LogP contribution is -2.59. The summed E-state index contributed by atoms with van der Waals surface area (Å²) >= 11 is 7.22. The molecule has 29 heavy (non-hydrogen) atoms. The van der Waals surface area contributed by atoms with Crippen LogP contribution in [0.3, 0.4) is 0 Å². The molecule has 4 rings (SSSR count). The van der Waals surface area contributed by atoms with E-state index in [-0.39, 0.29) is 11.4 Å². The second kappa shape index (κ2) is 7.57.